The molecule has 0 radical (unpaired) electrons. The molecule has 2 atom stereocenters. The van der Waals surface area contributed by atoms with Gasteiger partial charge in [-0.1, -0.05) is 65.7 Å². The number of esters is 1. The molecule has 0 bridgehead atoms. The summed E-state index contributed by atoms with van der Waals surface area (Å²) in [6, 6.07) is 14.9. The van der Waals surface area contributed by atoms with Crippen molar-refractivity contribution in [3.8, 4) is 0 Å². The van der Waals surface area contributed by atoms with Crippen LogP contribution in [0.3, 0.4) is 0 Å². The van der Waals surface area contributed by atoms with Gasteiger partial charge in [-0.3, -0.25) is 4.79 Å². The third-order valence-corrected chi connectivity index (χ3v) is 6.43. The molecule has 5 nitrogen and oxygen atoms in total. The first kappa shape index (κ1) is 21.5. The lowest BCUT2D eigenvalue weighted by Crippen LogP contribution is -2.33. The first-order valence-electron chi connectivity index (χ1n) is 10.0. The Bertz CT molecular complexity index is 1110. The summed E-state index contributed by atoms with van der Waals surface area (Å²) < 4.78 is 11.1. The highest BCUT2D eigenvalue weighted by Gasteiger charge is 2.44. The number of carbonyl (C=O) groups excluding carboxylic acids is 2. The largest absolute Gasteiger partial charge is 0.462 e. The lowest BCUT2D eigenvalue weighted by molar-refractivity contribution is -0.139. The fraction of sp³-hybridized carbons (Fsp3) is 0.250. The molecule has 4 rings (SSSR count). The van der Waals surface area contributed by atoms with Crippen molar-refractivity contribution in [1.29, 1.82) is 0 Å². The van der Waals surface area contributed by atoms with Gasteiger partial charge in [0.25, 0.3) is 0 Å². The number of ether oxygens (including phenoxy) is 2. The Morgan fingerprint density at radius 2 is 1.87 bits per heavy atom. The number of nitrogens with two attached hydrogens (primary N) is 1. The summed E-state index contributed by atoms with van der Waals surface area (Å²) in [5.74, 6) is -1.24. The van der Waals surface area contributed by atoms with Crippen LogP contribution in [0, 0.1) is 0 Å². The van der Waals surface area contributed by atoms with E-state index in [1.807, 2.05) is 30.3 Å². The number of halogens is 2. The number of benzene rings is 2. The first-order valence-corrected chi connectivity index (χ1v) is 10.8. The average molecular weight is 458 g/mol. The number of rotatable bonds is 4. The third-order valence-electron chi connectivity index (χ3n) is 5.60. The molecule has 0 saturated carbocycles. The number of carbonyl (C=O) groups is 2. The molecule has 0 aromatic heterocycles. The SMILES string of the molecule is CCOC(=O)C1=C(N)OC2=C(C(=O)C[C@H](c3ccccc3)C2)[C@@H]1c1cccc(Cl)c1Cl. The fourth-order valence-corrected chi connectivity index (χ4v) is 4.65. The lowest BCUT2D eigenvalue weighted by Gasteiger charge is -2.35. The summed E-state index contributed by atoms with van der Waals surface area (Å²) >= 11 is 12.7. The molecule has 1 aliphatic carbocycles. The molecule has 7 heteroatoms. The highest BCUT2D eigenvalue weighted by Crippen LogP contribution is 2.49. The zero-order valence-corrected chi connectivity index (χ0v) is 18.4. The van der Waals surface area contributed by atoms with Crippen LogP contribution in [0.1, 0.15) is 42.7 Å². The monoisotopic (exact) mass is 457 g/mol. The van der Waals surface area contributed by atoms with Gasteiger partial charge >= 0.3 is 5.97 Å². The van der Waals surface area contributed by atoms with E-state index in [1.165, 1.54) is 0 Å². The predicted molar refractivity (Wildman–Crippen MR) is 119 cm³/mol. The highest BCUT2D eigenvalue weighted by atomic mass is 35.5. The van der Waals surface area contributed by atoms with E-state index in [2.05, 4.69) is 0 Å². The van der Waals surface area contributed by atoms with Crippen LogP contribution in [0.25, 0.3) is 0 Å². The van der Waals surface area contributed by atoms with Gasteiger partial charge in [-0.05, 0) is 30.0 Å². The van der Waals surface area contributed by atoms with Crippen LogP contribution in [-0.4, -0.2) is 18.4 Å². The van der Waals surface area contributed by atoms with Crippen molar-refractivity contribution >= 4 is 35.0 Å². The number of hydrogen-bond donors (Lipinski definition) is 1. The second kappa shape index (κ2) is 8.77. The number of Topliss-reactive ketones (excluding diaryl/α,β-unsaturated/α-hetero) is 1. The highest BCUT2D eigenvalue weighted by molar-refractivity contribution is 6.42. The molecule has 2 aromatic carbocycles. The predicted octanol–water partition coefficient (Wildman–Crippen LogP) is 5.24. The van der Waals surface area contributed by atoms with Crippen LogP contribution in [0.4, 0.5) is 0 Å². The first-order chi connectivity index (χ1) is 14.9. The van der Waals surface area contributed by atoms with Crippen molar-refractivity contribution < 1.29 is 19.1 Å². The Morgan fingerprint density at radius 3 is 2.58 bits per heavy atom. The van der Waals surface area contributed by atoms with E-state index >= 15 is 0 Å². The Hall–Kier alpha value is -2.76. The van der Waals surface area contributed by atoms with Gasteiger partial charge in [0.1, 0.15) is 11.3 Å². The van der Waals surface area contributed by atoms with Gasteiger partial charge < -0.3 is 15.2 Å². The number of allylic oxidation sites excluding steroid dienone is 2. The average Bonchev–Trinajstić information content (AvgIpc) is 2.75. The second-order valence-electron chi connectivity index (χ2n) is 7.45. The van der Waals surface area contributed by atoms with Crippen LogP contribution >= 0.6 is 23.2 Å². The van der Waals surface area contributed by atoms with Gasteiger partial charge in [-0.25, -0.2) is 4.79 Å². The number of ketones is 1. The van der Waals surface area contributed by atoms with Gasteiger partial charge in [0.05, 0.1) is 22.6 Å². The molecule has 2 N–H and O–H groups in total. The van der Waals surface area contributed by atoms with Gasteiger partial charge in [-0.15, -0.1) is 0 Å². The molecule has 0 amide bonds. The molecule has 1 aliphatic heterocycles. The summed E-state index contributed by atoms with van der Waals surface area (Å²) in [6.07, 6.45) is 0.771. The zero-order valence-electron chi connectivity index (χ0n) is 16.9. The molecule has 2 aliphatic rings. The molecule has 2 aromatic rings. The van der Waals surface area contributed by atoms with E-state index in [0.29, 0.717) is 28.3 Å². The molecular formula is C24H21Cl2NO4. The third kappa shape index (κ3) is 3.95. The summed E-state index contributed by atoms with van der Waals surface area (Å²) in [5, 5.41) is 0.579. The van der Waals surface area contributed by atoms with Crippen LogP contribution in [0.2, 0.25) is 10.0 Å². The summed E-state index contributed by atoms with van der Waals surface area (Å²) in [6.45, 7) is 1.85. The van der Waals surface area contributed by atoms with E-state index in [-0.39, 0.29) is 41.2 Å². The van der Waals surface area contributed by atoms with Crippen molar-refractivity contribution in [2.24, 2.45) is 5.73 Å². The Morgan fingerprint density at radius 1 is 1.13 bits per heavy atom. The Labute approximate surface area is 190 Å². The van der Waals surface area contributed by atoms with Crippen molar-refractivity contribution in [3.63, 3.8) is 0 Å². The molecule has 160 valence electrons. The van der Waals surface area contributed by atoms with Crippen molar-refractivity contribution in [3.05, 3.63) is 92.5 Å². The van der Waals surface area contributed by atoms with Crippen molar-refractivity contribution in [2.75, 3.05) is 6.61 Å². The standard InChI is InChI=1S/C24H21Cl2NO4/c1-2-30-24(29)21-19(15-9-6-10-16(25)22(15)26)20-17(28)11-14(12-18(20)31-23(21)27)13-7-4-3-5-8-13/h3-10,14,19H,2,11-12,27H2,1H3/t14-,19-/m0/s1. The zero-order chi connectivity index (χ0) is 22.1. The molecule has 1 heterocycles. The maximum Gasteiger partial charge on any atom is 0.340 e. The maximum absolute atomic E-state index is 13.4. The fourth-order valence-electron chi connectivity index (χ4n) is 4.23. The van der Waals surface area contributed by atoms with Gasteiger partial charge in [-0.2, -0.15) is 0 Å². The second-order valence-corrected chi connectivity index (χ2v) is 8.24. The van der Waals surface area contributed by atoms with Gasteiger partial charge in [0.15, 0.2) is 5.78 Å². The summed E-state index contributed by atoms with van der Waals surface area (Å²) in [5.41, 5.74) is 8.21. The van der Waals surface area contributed by atoms with Crippen LogP contribution < -0.4 is 5.73 Å². The Balaban J connectivity index is 1.85. The van der Waals surface area contributed by atoms with E-state index in [0.717, 1.165) is 5.56 Å². The minimum Gasteiger partial charge on any atom is -0.462 e. The topological polar surface area (TPSA) is 78.6 Å². The van der Waals surface area contributed by atoms with Crippen LogP contribution in [-0.2, 0) is 19.1 Å². The molecule has 0 saturated heterocycles. The molecular weight excluding hydrogens is 437 g/mol. The van der Waals surface area contributed by atoms with Crippen LogP contribution in [0.5, 0.6) is 0 Å². The van der Waals surface area contributed by atoms with E-state index in [9.17, 15) is 9.59 Å². The van der Waals surface area contributed by atoms with Gasteiger partial charge in [0.2, 0.25) is 5.88 Å². The smallest absolute Gasteiger partial charge is 0.340 e. The molecule has 0 fully saturated rings. The lowest BCUT2D eigenvalue weighted by atomic mass is 9.73. The molecule has 31 heavy (non-hydrogen) atoms. The normalized spacial score (nSPS) is 20.9. The minimum atomic E-state index is -0.807. The summed E-state index contributed by atoms with van der Waals surface area (Å²) in [4.78, 5) is 26.2. The number of hydrogen-bond acceptors (Lipinski definition) is 5. The van der Waals surface area contributed by atoms with Crippen molar-refractivity contribution in [1.82, 2.24) is 0 Å². The molecule has 0 spiro atoms. The van der Waals surface area contributed by atoms with E-state index in [1.54, 1.807) is 25.1 Å². The van der Waals surface area contributed by atoms with E-state index < -0.39 is 11.9 Å². The van der Waals surface area contributed by atoms with E-state index in [4.69, 9.17) is 38.4 Å². The minimum absolute atomic E-state index is 0.0418. The van der Waals surface area contributed by atoms with Crippen LogP contribution in [0.15, 0.2) is 71.3 Å². The van der Waals surface area contributed by atoms with Gasteiger partial charge in [0, 0.05) is 18.4 Å². The molecule has 0 unspecified atom stereocenters. The quantitative estimate of drug-likeness (QED) is 0.634. The maximum atomic E-state index is 13.4. The summed E-state index contributed by atoms with van der Waals surface area (Å²) in [7, 11) is 0. The van der Waals surface area contributed by atoms with Crippen molar-refractivity contribution in [2.45, 2.75) is 31.6 Å². The Kier molecular flexibility index (Phi) is 6.08.